The van der Waals surface area contributed by atoms with Crippen LogP contribution in [0.4, 0.5) is 0 Å². The molecule has 0 N–H and O–H groups in total. The summed E-state index contributed by atoms with van der Waals surface area (Å²) in [6.45, 7) is 2.35. The van der Waals surface area contributed by atoms with Crippen molar-refractivity contribution in [2.75, 3.05) is 5.88 Å². The molecule has 0 saturated heterocycles. The average molecular weight is 311 g/mol. The molecule has 1 heterocycles. The fourth-order valence-electron chi connectivity index (χ4n) is 3.30. The molecular weight excluding hydrogens is 291 g/mol. The van der Waals surface area contributed by atoms with Gasteiger partial charge in [0.25, 0.3) is 0 Å². The van der Waals surface area contributed by atoms with E-state index in [9.17, 15) is 0 Å². The quantitative estimate of drug-likeness (QED) is 0.710. The van der Waals surface area contributed by atoms with Gasteiger partial charge in [0.1, 0.15) is 11.3 Å². The molecule has 1 aromatic heterocycles. The number of hydrogen-bond donors (Lipinski definition) is 0. The van der Waals surface area contributed by atoms with Crippen molar-refractivity contribution in [2.45, 2.75) is 45.1 Å². The van der Waals surface area contributed by atoms with Gasteiger partial charge in [-0.2, -0.15) is 0 Å². The van der Waals surface area contributed by atoms with Crippen molar-refractivity contribution in [2.24, 2.45) is 5.92 Å². The second kappa shape index (κ2) is 5.95. The fourth-order valence-corrected chi connectivity index (χ4v) is 3.68. The Morgan fingerprint density at radius 3 is 2.70 bits per heavy atom. The molecule has 1 aliphatic rings. The molecule has 0 atom stereocenters. The summed E-state index contributed by atoms with van der Waals surface area (Å²) in [5.74, 6) is 2.54. The molecule has 2 nitrogen and oxygen atoms in total. The molecule has 2 aromatic rings. The van der Waals surface area contributed by atoms with Crippen LogP contribution in [0.2, 0.25) is 5.02 Å². The van der Waals surface area contributed by atoms with Crippen LogP contribution >= 0.6 is 23.2 Å². The van der Waals surface area contributed by atoms with Crippen LogP contribution in [0.25, 0.3) is 11.0 Å². The van der Waals surface area contributed by atoms with Crippen molar-refractivity contribution >= 4 is 34.2 Å². The highest BCUT2D eigenvalue weighted by Gasteiger charge is 2.24. The minimum atomic E-state index is 0.549. The smallest absolute Gasteiger partial charge is 0.111 e. The van der Waals surface area contributed by atoms with Crippen LogP contribution in [0, 0.1) is 5.92 Å². The van der Waals surface area contributed by atoms with E-state index >= 15 is 0 Å². The Bertz CT molecular complexity index is 598. The number of imidazole rings is 1. The molecule has 0 aliphatic heterocycles. The minimum absolute atomic E-state index is 0.549. The number of fused-ring (bicyclic) bond motifs is 1. The maximum Gasteiger partial charge on any atom is 0.111 e. The van der Waals surface area contributed by atoms with Gasteiger partial charge < -0.3 is 4.57 Å². The summed E-state index contributed by atoms with van der Waals surface area (Å²) in [5.41, 5.74) is 2.09. The summed E-state index contributed by atoms with van der Waals surface area (Å²) >= 11 is 12.2. The number of halogens is 2. The van der Waals surface area contributed by atoms with Crippen LogP contribution in [-0.2, 0) is 6.42 Å². The lowest BCUT2D eigenvalue weighted by atomic mass is 9.87. The first-order valence-electron chi connectivity index (χ1n) is 7.42. The molecule has 0 radical (unpaired) electrons. The zero-order valence-electron chi connectivity index (χ0n) is 11.8. The van der Waals surface area contributed by atoms with Gasteiger partial charge in [-0.15, -0.1) is 11.6 Å². The van der Waals surface area contributed by atoms with Gasteiger partial charge in [0.05, 0.1) is 10.5 Å². The van der Waals surface area contributed by atoms with Crippen molar-refractivity contribution in [1.82, 2.24) is 9.55 Å². The topological polar surface area (TPSA) is 17.8 Å². The number of hydrogen-bond acceptors (Lipinski definition) is 1. The molecule has 0 amide bonds. The molecule has 1 fully saturated rings. The Balaban J connectivity index is 2.07. The molecule has 20 heavy (non-hydrogen) atoms. The Labute approximate surface area is 130 Å². The molecule has 1 aliphatic carbocycles. The second-order valence-corrected chi connectivity index (χ2v) is 6.64. The minimum Gasteiger partial charge on any atom is -0.325 e. The first-order chi connectivity index (χ1) is 9.70. The fraction of sp³-hybridized carbons (Fsp3) is 0.562. The predicted molar refractivity (Wildman–Crippen MR) is 85.8 cm³/mol. The molecule has 0 bridgehead atoms. The number of aryl methyl sites for hydroxylation is 1. The van der Waals surface area contributed by atoms with Crippen LogP contribution in [-0.4, -0.2) is 15.4 Å². The van der Waals surface area contributed by atoms with Gasteiger partial charge in [-0.05, 0) is 43.7 Å². The van der Waals surface area contributed by atoms with Gasteiger partial charge in [0.15, 0.2) is 0 Å². The SMILES string of the molecule is CC1CCC(n2c(CCCl)nc3c(Cl)cccc32)CC1. The van der Waals surface area contributed by atoms with Gasteiger partial charge in [0, 0.05) is 18.3 Å². The van der Waals surface area contributed by atoms with Gasteiger partial charge in [-0.25, -0.2) is 4.98 Å². The van der Waals surface area contributed by atoms with E-state index in [1.807, 2.05) is 12.1 Å². The highest BCUT2D eigenvalue weighted by Crippen LogP contribution is 2.36. The number of rotatable bonds is 3. The Hall–Kier alpha value is -0.730. The highest BCUT2D eigenvalue weighted by molar-refractivity contribution is 6.34. The van der Waals surface area contributed by atoms with Crippen LogP contribution in [0.1, 0.15) is 44.5 Å². The monoisotopic (exact) mass is 310 g/mol. The molecule has 4 heteroatoms. The predicted octanol–water partition coefficient (Wildman–Crippen LogP) is 5.22. The van der Waals surface area contributed by atoms with Gasteiger partial charge in [-0.1, -0.05) is 24.6 Å². The van der Waals surface area contributed by atoms with E-state index < -0.39 is 0 Å². The van der Waals surface area contributed by atoms with Crippen LogP contribution < -0.4 is 0 Å². The van der Waals surface area contributed by atoms with Crippen molar-refractivity contribution in [3.05, 3.63) is 29.0 Å². The zero-order valence-corrected chi connectivity index (χ0v) is 13.3. The lowest BCUT2D eigenvalue weighted by Gasteiger charge is -2.29. The highest BCUT2D eigenvalue weighted by atomic mass is 35.5. The molecule has 108 valence electrons. The largest absolute Gasteiger partial charge is 0.325 e. The lowest BCUT2D eigenvalue weighted by molar-refractivity contribution is 0.290. The van der Waals surface area contributed by atoms with Crippen molar-refractivity contribution < 1.29 is 0 Å². The van der Waals surface area contributed by atoms with Crippen molar-refractivity contribution in [3.63, 3.8) is 0 Å². The Kier molecular flexibility index (Phi) is 4.23. The van der Waals surface area contributed by atoms with E-state index in [0.29, 0.717) is 11.9 Å². The summed E-state index contributed by atoms with van der Waals surface area (Å²) in [7, 11) is 0. The van der Waals surface area contributed by atoms with E-state index in [-0.39, 0.29) is 0 Å². The second-order valence-electron chi connectivity index (χ2n) is 5.86. The Morgan fingerprint density at radius 2 is 2.00 bits per heavy atom. The average Bonchev–Trinajstić information content (AvgIpc) is 2.80. The molecular formula is C16H20Cl2N2. The Morgan fingerprint density at radius 1 is 1.25 bits per heavy atom. The van der Waals surface area contributed by atoms with Crippen molar-refractivity contribution in [1.29, 1.82) is 0 Å². The van der Waals surface area contributed by atoms with Gasteiger partial charge in [-0.3, -0.25) is 0 Å². The first kappa shape index (κ1) is 14.2. The summed E-state index contributed by atoms with van der Waals surface area (Å²) < 4.78 is 2.40. The van der Waals surface area contributed by atoms with E-state index in [1.54, 1.807) is 0 Å². The number of alkyl halides is 1. The van der Waals surface area contributed by atoms with E-state index in [4.69, 9.17) is 28.2 Å². The van der Waals surface area contributed by atoms with Crippen LogP contribution in [0.15, 0.2) is 18.2 Å². The lowest BCUT2D eigenvalue weighted by Crippen LogP contribution is -2.19. The summed E-state index contributed by atoms with van der Waals surface area (Å²) in [6.07, 6.45) is 5.86. The van der Waals surface area contributed by atoms with Crippen molar-refractivity contribution in [3.8, 4) is 0 Å². The number of benzene rings is 1. The zero-order chi connectivity index (χ0) is 14.1. The molecule has 1 aromatic carbocycles. The van der Waals surface area contributed by atoms with E-state index in [2.05, 4.69) is 17.6 Å². The summed E-state index contributed by atoms with van der Waals surface area (Å²) in [5, 5.41) is 0.737. The molecule has 0 spiro atoms. The van der Waals surface area contributed by atoms with Crippen LogP contribution in [0.5, 0.6) is 0 Å². The number of aromatic nitrogens is 2. The van der Waals surface area contributed by atoms with Crippen LogP contribution in [0.3, 0.4) is 0 Å². The molecule has 3 rings (SSSR count). The van der Waals surface area contributed by atoms with Gasteiger partial charge in [0.2, 0.25) is 0 Å². The standard InChI is InChI=1S/C16H20Cl2N2/c1-11-5-7-12(8-6-11)20-14-4-2-3-13(18)16(14)19-15(20)9-10-17/h2-4,11-12H,5-10H2,1H3. The van der Waals surface area contributed by atoms with Gasteiger partial charge >= 0.3 is 0 Å². The maximum atomic E-state index is 6.30. The first-order valence-corrected chi connectivity index (χ1v) is 8.33. The molecule has 0 unspecified atom stereocenters. The third-order valence-electron chi connectivity index (χ3n) is 4.41. The van der Waals surface area contributed by atoms with E-state index in [0.717, 1.165) is 34.2 Å². The third-order valence-corrected chi connectivity index (χ3v) is 4.91. The summed E-state index contributed by atoms with van der Waals surface area (Å²) in [4.78, 5) is 4.74. The number of para-hydroxylation sites is 1. The normalized spacial score (nSPS) is 23.4. The molecule has 1 saturated carbocycles. The third kappa shape index (κ3) is 2.56. The maximum absolute atomic E-state index is 6.30. The summed E-state index contributed by atoms with van der Waals surface area (Å²) in [6, 6.07) is 6.60. The van der Waals surface area contributed by atoms with E-state index in [1.165, 1.54) is 25.7 Å². The number of nitrogens with zero attached hydrogens (tertiary/aromatic N) is 2.